The van der Waals surface area contributed by atoms with E-state index in [1.54, 1.807) is 31.3 Å². The van der Waals surface area contributed by atoms with Crippen molar-refractivity contribution in [2.24, 2.45) is 0 Å². The lowest BCUT2D eigenvalue weighted by molar-refractivity contribution is -0.114. The molecule has 0 saturated carbocycles. The number of benzene rings is 1. The molecule has 2 amide bonds. The van der Waals surface area contributed by atoms with E-state index in [2.05, 4.69) is 10.5 Å². The van der Waals surface area contributed by atoms with E-state index in [9.17, 15) is 9.59 Å². The van der Waals surface area contributed by atoms with Crippen LogP contribution >= 0.6 is 11.6 Å². The first kappa shape index (κ1) is 16.0. The molecular weight excluding hydrogens is 306 g/mol. The molecule has 1 aromatic heterocycles. The first-order valence-electron chi connectivity index (χ1n) is 6.64. The molecule has 0 radical (unpaired) electrons. The summed E-state index contributed by atoms with van der Waals surface area (Å²) in [6, 6.07) is 6.20. The van der Waals surface area contributed by atoms with Crippen molar-refractivity contribution in [3.63, 3.8) is 0 Å². The SMILES string of the molecule is CC(=O)Nc1ccc(Cl)c(C(=O)N(C)[C@@H](C)c2ccon2)c1. The topological polar surface area (TPSA) is 75.4 Å². The maximum atomic E-state index is 12.6. The third kappa shape index (κ3) is 3.46. The summed E-state index contributed by atoms with van der Waals surface area (Å²) < 4.78 is 4.80. The second kappa shape index (κ2) is 6.62. The molecule has 6 nitrogen and oxygen atoms in total. The lowest BCUT2D eigenvalue weighted by Gasteiger charge is -2.24. The Morgan fingerprint density at radius 1 is 1.36 bits per heavy atom. The summed E-state index contributed by atoms with van der Waals surface area (Å²) in [4.78, 5) is 25.2. The summed E-state index contributed by atoms with van der Waals surface area (Å²) in [7, 11) is 1.66. The van der Waals surface area contributed by atoms with Gasteiger partial charge in [-0.3, -0.25) is 9.59 Å². The average Bonchev–Trinajstić information content (AvgIpc) is 3.00. The number of halogens is 1. The fourth-order valence-electron chi connectivity index (χ4n) is 1.97. The van der Waals surface area contributed by atoms with Gasteiger partial charge in [0.05, 0.1) is 16.6 Å². The van der Waals surface area contributed by atoms with Gasteiger partial charge in [-0.25, -0.2) is 0 Å². The summed E-state index contributed by atoms with van der Waals surface area (Å²) in [6.45, 7) is 3.23. The highest BCUT2D eigenvalue weighted by Gasteiger charge is 2.23. The quantitative estimate of drug-likeness (QED) is 0.938. The maximum Gasteiger partial charge on any atom is 0.255 e. The Bertz CT molecular complexity index is 685. The molecule has 0 spiro atoms. The molecule has 0 unspecified atom stereocenters. The largest absolute Gasteiger partial charge is 0.364 e. The minimum atomic E-state index is -0.272. The van der Waals surface area contributed by atoms with Gasteiger partial charge in [0.1, 0.15) is 12.0 Å². The molecule has 1 heterocycles. The normalized spacial score (nSPS) is 11.8. The molecule has 22 heavy (non-hydrogen) atoms. The van der Waals surface area contributed by atoms with E-state index in [0.29, 0.717) is 22.0 Å². The number of amides is 2. The molecule has 0 bridgehead atoms. The van der Waals surface area contributed by atoms with Crippen molar-refractivity contribution in [2.45, 2.75) is 19.9 Å². The van der Waals surface area contributed by atoms with E-state index in [0.717, 1.165) is 0 Å². The van der Waals surface area contributed by atoms with Gasteiger partial charge >= 0.3 is 0 Å². The van der Waals surface area contributed by atoms with Gasteiger partial charge in [0.25, 0.3) is 5.91 Å². The summed E-state index contributed by atoms with van der Waals surface area (Å²) >= 11 is 6.11. The van der Waals surface area contributed by atoms with Gasteiger partial charge in [0.2, 0.25) is 5.91 Å². The zero-order chi connectivity index (χ0) is 16.3. The van der Waals surface area contributed by atoms with Gasteiger partial charge in [-0.2, -0.15) is 0 Å². The molecule has 0 aliphatic heterocycles. The van der Waals surface area contributed by atoms with Crippen LogP contribution in [0, 0.1) is 0 Å². The Hall–Kier alpha value is -2.34. The molecule has 0 saturated heterocycles. The minimum Gasteiger partial charge on any atom is -0.364 e. The number of rotatable bonds is 4. The van der Waals surface area contributed by atoms with E-state index in [1.165, 1.54) is 18.1 Å². The molecule has 1 aromatic carbocycles. The zero-order valence-electron chi connectivity index (χ0n) is 12.5. The number of aromatic nitrogens is 1. The molecule has 0 fully saturated rings. The highest BCUT2D eigenvalue weighted by Crippen LogP contribution is 2.25. The molecule has 0 aliphatic rings. The Balaban J connectivity index is 2.26. The number of hydrogen-bond acceptors (Lipinski definition) is 4. The number of nitrogens with zero attached hydrogens (tertiary/aromatic N) is 2. The van der Waals surface area contributed by atoms with Crippen LogP contribution in [0.5, 0.6) is 0 Å². The van der Waals surface area contributed by atoms with E-state index in [4.69, 9.17) is 16.1 Å². The van der Waals surface area contributed by atoms with E-state index < -0.39 is 0 Å². The Morgan fingerprint density at radius 2 is 2.09 bits per heavy atom. The molecule has 0 aliphatic carbocycles. The number of anilines is 1. The van der Waals surface area contributed by atoms with Crippen LogP contribution in [0.2, 0.25) is 5.02 Å². The van der Waals surface area contributed by atoms with Crippen LogP contribution in [0.4, 0.5) is 5.69 Å². The second-order valence-corrected chi connectivity index (χ2v) is 5.30. The molecule has 1 atom stereocenters. The minimum absolute atomic E-state index is 0.218. The fraction of sp³-hybridized carbons (Fsp3) is 0.267. The predicted octanol–water partition coefficient (Wildman–Crippen LogP) is 3.12. The first-order valence-corrected chi connectivity index (χ1v) is 7.02. The molecule has 2 rings (SSSR count). The molecule has 7 heteroatoms. The zero-order valence-corrected chi connectivity index (χ0v) is 13.2. The van der Waals surface area contributed by atoms with E-state index in [-0.39, 0.29) is 17.9 Å². The molecule has 116 valence electrons. The first-order chi connectivity index (χ1) is 10.4. The second-order valence-electron chi connectivity index (χ2n) is 4.89. The Kier molecular flexibility index (Phi) is 4.82. The fourth-order valence-corrected chi connectivity index (χ4v) is 2.17. The number of hydrogen-bond donors (Lipinski definition) is 1. The summed E-state index contributed by atoms with van der Waals surface area (Å²) in [5.41, 5.74) is 1.47. The van der Waals surface area contributed by atoms with Crippen molar-refractivity contribution in [1.82, 2.24) is 10.1 Å². The standard InChI is InChI=1S/C15H16ClN3O3/c1-9(14-6-7-22-18-14)19(3)15(21)12-8-11(17-10(2)20)4-5-13(12)16/h4-9H,1-3H3,(H,17,20)/t9-/m0/s1. The molecular formula is C15H16ClN3O3. The average molecular weight is 322 g/mol. The highest BCUT2D eigenvalue weighted by atomic mass is 35.5. The monoisotopic (exact) mass is 321 g/mol. The van der Waals surface area contributed by atoms with Crippen molar-refractivity contribution >= 4 is 29.1 Å². The van der Waals surface area contributed by atoms with Gasteiger partial charge in [-0.15, -0.1) is 0 Å². The van der Waals surface area contributed by atoms with Crippen molar-refractivity contribution in [3.05, 3.63) is 46.8 Å². The van der Waals surface area contributed by atoms with Gasteiger partial charge in [0.15, 0.2) is 0 Å². The van der Waals surface area contributed by atoms with Crippen molar-refractivity contribution < 1.29 is 14.1 Å². The number of nitrogens with one attached hydrogen (secondary N) is 1. The maximum absolute atomic E-state index is 12.6. The van der Waals surface area contributed by atoms with Crippen molar-refractivity contribution in [2.75, 3.05) is 12.4 Å². The number of carbonyl (C=O) groups is 2. The smallest absolute Gasteiger partial charge is 0.255 e. The van der Waals surface area contributed by atoms with Crippen LogP contribution in [0.15, 0.2) is 35.1 Å². The highest BCUT2D eigenvalue weighted by molar-refractivity contribution is 6.34. The number of carbonyl (C=O) groups excluding carboxylic acids is 2. The van der Waals surface area contributed by atoms with Gasteiger partial charge < -0.3 is 14.7 Å². The van der Waals surface area contributed by atoms with Gasteiger partial charge in [-0.1, -0.05) is 16.8 Å². The summed E-state index contributed by atoms with van der Waals surface area (Å²) in [6.07, 6.45) is 1.45. The summed E-state index contributed by atoms with van der Waals surface area (Å²) in [5, 5.41) is 6.78. The van der Waals surface area contributed by atoms with Crippen LogP contribution in [-0.2, 0) is 4.79 Å². The lowest BCUT2D eigenvalue weighted by Crippen LogP contribution is -2.30. The van der Waals surface area contributed by atoms with E-state index >= 15 is 0 Å². The van der Waals surface area contributed by atoms with Crippen LogP contribution < -0.4 is 5.32 Å². The third-order valence-corrected chi connectivity index (χ3v) is 3.63. The molecule has 1 N–H and O–H groups in total. The predicted molar refractivity (Wildman–Crippen MR) is 82.8 cm³/mol. The third-order valence-electron chi connectivity index (χ3n) is 3.30. The Morgan fingerprint density at radius 3 is 2.68 bits per heavy atom. The van der Waals surface area contributed by atoms with Crippen LogP contribution in [-0.4, -0.2) is 28.9 Å². The van der Waals surface area contributed by atoms with E-state index in [1.807, 2.05) is 6.92 Å². The van der Waals surface area contributed by atoms with Crippen molar-refractivity contribution in [1.29, 1.82) is 0 Å². The lowest BCUT2D eigenvalue weighted by atomic mass is 10.1. The van der Waals surface area contributed by atoms with Gasteiger partial charge in [-0.05, 0) is 25.1 Å². The van der Waals surface area contributed by atoms with Gasteiger partial charge in [0, 0.05) is 25.7 Å². The Labute approximate surface area is 133 Å². The van der Waals surface area contributed by atoms with Crippen LogP contribution in [0.3, 0.4) is 0 Å². The van der Waals surface area contributed by atoms with Crippen LogP contribution in [0.1, 0.15) is 35.9 Å². The summed E-state index contributed by atoms with van der Waals surface area (Å²) in [5.74, 6) is -0.488. The molecule has 2 aromatic rings. The van der Waals surface area contributed by atoms with Crippen molar-refractivity contribution in [3.8, 4) is 0 Å². The van der Waals surface area contributed by atoms with Crippen LogP contribution in [0.25, 0.3) is 0 Å².